The van der Waals surface area contributed by atoms with Crippen LogP contribution in [-0.2, 0) is 4.74 Å². The predicted molar refractivity (Wildman–Crippen MR) is 94.4 cm³/mol. The number of thiophene rings is 1. The SMILES string of the molecule is CCOC(=O)c1cc([N+](=O)[O-])sc1NC(=O)c1cccc(OC)c1OC. The number of hydrogen-bond donors (Lipinski definition) is 1. The third kappa shape index (κ3) is 3.91. The molecule has 0 saturated carbocycles. The van der Waals surface area contributed by atoms with Crippen LogP contribution in [0.1, 0.15) is 27.6 Å². The van der Waals surface area contributed by atoms with Gasteiger partial charge in [0.1, 0.15) is 10.6 Å². The molecule has 0 aliphatic rings. The minimum atomic E-state index is -0.759. The molecule has 1 amide bonds. The number of nitrogens with one attached hydrogen (secondary N) is 1. The lowest BCUT2D eigenvalue weighted by atomic mass is 10.1. The highest BCUT2D eigenvalue weighted by Gasteiger charge is 2.25. The number of rotatable bonds is 7. The zero-order valence-electron chi connectivity index (χ0n) is 14.2. The third-order valence-corrected chi connectivity index (χ3v) is 4.27. The summed E-state index contributed by atoms with van der Waals surface area (Å²) in [4.78, 5) is 35.0. The summed E-state index contributed by atoms with van der Waals surface area (Å²) in [6.45, 7) is 1.71. The summed E-state index contributed by atoms with van der Waals surface area (Å²) in [6, 6.07) is 5.79. The van der Waals surface area contributed by atoms with Crippen molar-refractivity contribution in [2.24, 2.45) is 0 Å². The van der Waals surface area contributed by atoms with Gasteiger partial charge in [-0.25, -0.2) is 4.79 Å². The lowest BCUT2D eigenvalue weighted by Crippen LogP contribution is -2.15. The molecule has 0 bridgehead atoms. The molecule has 138 valence electrons. The number of amides is 1. The number of nitro groups is 1. The van der Waals surface area contributed by atoms with E-state index < -0.39 is 16.8 Å². The second-order valence-corrected chi connectivity index (χ2v) is 5.83. The average Bonchev–Trinajstić information content (AvgIpc) is 3.05. The minimum absolute atomic E-state index is 0.0185. The number of carbonyl (C=O) groups excluding carboxylic acids is 2. The maximum absolute atomic E-state index is 12.6. The Kier molecular flexibility index (Phi) is 6.12. The van der Waals surface area contributed by atoms with E-state index in [-0.39, 0.29) is 33.5 Å². The van der Waals surface area contributed by atoms with Gasteiger partial charge in [0.2, 0.25) is 0 Å². The van der Waals surface area contributed by atoms with Crippen molar-refractivity contribution < 1.29 is 28.7 Å². The summed E-state index contributed by atoms with van der Waals surface area (Å²) in [6.07, 6.45) is 0. The molecule has 0 aliphatic heterocycles. The van der Waals surface area contributed by atoms with E-state index in [1.165, 1.54) is 20.3 Å². The van der Waals surface area contributed by atoms with Crippen LogP contribution in [-0.4, -0.2) is 37.6 Å². The fourth-order valence-electron chi connectivity index (χ4n) is 2.16. The molecule has 0 fully saturated rings. The van der Waals surface area contributed by atoms with E-state index in [4.69, 9.17) is 14.2 Å². The second kappa shape index (κ2) is 8.30. The van der Waals surface area contributed by atoms with Crippen LogP contribution in [0.5, 0.6) is 11.5 Å². The van der Waals surface area contributed by atoms with Gasteiger partial charge in [-0.1, -0.05) is 6.07 Å². The Morgan fingerprint density at radius 1 is 1.23 bits per heavy atom. The Bertz CT molecular complexity index is 847. The summed E-state index contributed by atoms with van der Waals surface area (Å²) < 4.78 is 15.2. The molecule has 9 nitrogen and oxygen atoms in total. The van der Waals surface area contributed by atoms with Crippen molar-refractivity contribution in [1.29, 1.82) is 0 Å². The number of esters is 1. The molecule has 10 heteroatoms. The Morgan fingerprint density at radius 3 is 2.54 bits per heavy atom. The second-order valence-electron chi connectivity index (χ2n) is 4.80. The molecule has 1 N–H and O–H groups in total. The zero-order chi connectivity index (χ0) is 19.3. The maximum Gasteiger partial charge on any atom is 0.341 e. The third-order valence-electron chi connectivity index (χ3n) is 3.27. The minimum Gasteiger partial charge on any atom is -0.493 e. The highest BCUT2D eigenvalue weighted by molar-refractivity contribution is 7.19. The molecule has 1 aromatic heterocycles. The largest absolute Gasteiger partial charge is 0.493 e. The quantitative estimate of drug-likeness (QED) is 0.445. The molecule has 26 heavy (non-hydrogen) atoms. The first-order valence-electron chi connectivity index (χ1n) is 7.40. The van der Waals surface area contributed by atoms with E-state index in [2.05, 4.69) is 5.32 Å². The molecule has 0 aliphatic carbocycles. The van der Waals surface area contributed by atoms with E-state index >= 15 is 0 Å². The van der Waals surface area contributed by atoms with E-state index in [0.29, 0.717) is 17.1 Å². The summed E-state index contributed by atoms with van der Waals surface area (Å²) in [5.41, 5.74) is 0.0662. The predicted octanol–water partition coefficient (Wildman–Crippen LogP) is 3.10. The Balaban J connectivity index is 2.40. The maximum atomic E-state index is 12.6. The lowest BCUT2D eigenvalue weighted by molar-refractivity contribution is -0.380. The lowest BCUT2D eigenvalue weighted by Gasteiger charge is -2.12. The van der Waals surface area contributed by atoms with Gasteiger partial charge in [-0.2, -0.15) is 0 Å². The summed E-state index contributed by atoms with van der Waals surface area (Å²) >= 11 is 0.664. The molecular weight excluding hydrogens is 364 g/mol. The number of benzene rings is 1. The molecule has 1 aromatic carbocycles. The van der Waals surface area contributed by atoms with Crippen LogP contribution in [0.3, 0.4) is 0 Å². The topological polar surface area (TPSA) is 117 Å². The Hall–Kier alpha value is -3.14. The number of ether oxygens (including phenoxy) is 3. The summed E-state index contributed by atoms with van der Waals surface area (Å²) in [7, 11) is 2.82. The Morgan fingerprint density at radius 2 is 1.96 bits per heavy atom. The number of carbonyl (C=O) groups is 2. The molecular formula is C16H16N2O7S. The molecule has 0 unspecified atom stereocenters. The van der Waals surface area contributed by atoms with Gasteiger partial charge in [0.25, 0.3) is 5.91 Å². The van der Waals surface area contributed by atoms with Crippen LogP contribution < -0.4 is 14.8 Å². The van der Waals surface area contributed by atoms with Crippen LogP contribution in [0.25, 0.3) is 0 Å². The van der Waals surface area contributed by atoms with Gasteiger partial charge in [-0.15, -0.1) is 0 Å². The van der Waals surface area contributed by atoms with Gasteiger partial charge < -0.3 is 19.5 Å². The molecule has 0 saturated heterocycles. The van der Waals surface area contributed by atoms with Crippen LogP contribution in [0.15, 0.2) is 24.3 Å². The van der Waals surface area contributed by atoms with E-state index in [0.717, 1.165) is 6.07 Å². The van der Waals surface area contributed by atoms with Gasteiger partial charge in [-0.3, -0.25) is 14.9 Å². The van der Waals surface area contributed by atoms with Crippen molar-refractivity contribution in [3.63, 3.8) is 0 Å². The number of methoxy groups -OCH3 is 2. The fourth-order valence-corrected chi connectivity index (χ4v) is 3.01. The van der Waals surface area contributed by atoms with Gasteiger partial charge in [0, 0.05) is 6.07 Å². The molecule has 0 radical (unpaired) electrons. The molecule has 1 heterocycles. The van der Waals surface area contributed by atoms with Gasteiger partial charge >= 0.3 is 11.0 Å². The first-order chi connectivity index (χ1) is 12.4. The molecule has 0 spiro atoms. The van der Waals surface area contributed by atoms with Crippen molar-refractivity contribution in [3.8, 4) is 11.5 Å². The number of anilines is 1. The molecule has 2 rings (SSSR count). The van der Waals surface area contributed by atoms with E-state index in [1.807, 2.05) is 0 Å². The van der Waals surface area contributed by atoms with Gasteiger partial charge in [0.05, 0.1) is 31.3 Å². The van der Waals surface area contributed by atoms with Crippen molar-refractivity contribution in [2.75, 3.05) is 26.1 Å². The van der Waals surface area contributed by atoms with Crippen LogP contribution in [0, 0.1) is 10.1 Å². The zero-order valence-corrected chi connectivity index (χ0v) is 15.0. The first kappa shape index (κ1) is 19.2. The first-order valence-corrected chi connectivity index (χ1v) is 8.22. The smallest absolute Gasteiger partial charge is 0.341 e. The highest BCUT2D eigenvalue weighted by Crippen LogP contribution is 2.36. The number of nitrogens with zero attached hydrogens (tertiary/aromatic N) is 1. The highest BCUT2D eigenvalue weighted by atomic mass is 32.1. The van der Waals surface area contributed by atoms with Gasteiger partial charge in [-0.05, 0) is 30.4 Å². The number of para-hydroxylation sites is 1. The normalized spacial score (nSPS) is 10.1. The summed E-state index contributed by atoms with van der Waals surface area (Å²) in [5.74, 6) is -0.813. The molecule has 0 atom stereocenters. The van der Waals surface area contributed by atoms with Crippen molar-refractivity contribution >= 4 is 33.2 Å². The average molecular weight is 380 g/mol. The van der Waals surface area contributed by atoms with Crippen LogP contribution in [0.2, 0.25) is 0 Å². The van der Waals surface area contributed by atoms with E-state index in [1.54, 1.807) is 19.1 Å². The monoisotopic (exact) mass is 380 g/mol. The van der Waals surface area contributed by atoms with E-state index in [9.17, 15) is 19.7 Å². The standard InChI is InChI=1S/C16H16N2O7S/c1-4-25-16(20)10-8-12(18(21)22)26-15(10)17-14(19)9-6-5-7-11(23-2)13(9)24-3/h5-8H,4H2,1-3H3,(H,17,19). The van der Waals surface area contributed by atoms with Crippen LogP contribution >= 0.6 is 11.3 Å². The molecule has 2 aromatic rings. The fraction of sp³-hybridized carbons (Fsp3) is 0.250. The van der Waals surface area contributed by atoms with Gasteiger partial charge in [0.15, 0.2) is 11.5 Å². The van der Waals surface area contributed by atoms with Crippen molar-refractivity contribution in [2.45, 2.75) is 6.92 Å². The van der Waals surface area contributed by atoms with Crippen molar-refractivity contribution in [1.82, 2.24) is 0 Å². The Labute approximate surface area is 152 Å². The van der Waals surface area contributed by atoms with Crippen LogP contribution in [0.4, 0.5) is 10.0 Å². The summed E-state index contributed by atoms with van der Waals surface area (Å²) in [5, 5.41) is 13.2. The van der Waals surface area contributed by atoms with Crippen molar-refractivity contribution in [3.05, 3.63) is 45.5 Å². The number of hydrogen-bond acceptors (Lipinski definition) is 8.